The van der Waals surface area contributed by atoms with E-state index < -0.39 is 42.4 Å². The highest BCUT2D eigenvalue weighted by molar-refractivity contribution is 7.87. The van der Waals surface area contributed by atoms with Crippen LogP contribution in [0.2, 0.25) is 0 Å². The van der Waals surface area contributed by atoms with Crippen LogP contribution in [0.5, 0.6) is 5.75 Å². The first-order valence-corrected chi connectivity index (χ1v) is 14.2. The van der Waals surface area contributed by atoms with Crippen LogP contribution >= 0.6 is 0 Å². The molecule has 0 amide bonds. The molecule has 0 atom stereocenters. The van der Waals surface area contributed by atoms with Crippen molar-refractivity contribution in [3.8, 4) is 5.75 Å². The maximum Gasteiger partial charge on any atom is 0.339 e. The van der Waals surface area contributed by atoms with Gasteiger partial charge in [-0.2, -0.15) is 16.8 Å². The van der Waals surface area contributed by atoms with Crippen LogP contribution in [0.15, 0.2) is 88.7 Å². The Morgan fingerprint density at radius 2 is 1.36 bits per heavy atom. The van der Waals surface area contributed by atoms with E-state index in [9.17, 15) is 31.0 Å². The molecule has 1 aliphatic rings. The van der Waals surface area contributed by atoms with Crippen molar-refractivity contribution >= 4 is 48.9 Å². The van der Waals surface area contributed by atoms with E-state index in [1.54, 1.807) is 24.3 Å². The van der Waals surface area contributed by atoms with E-state index in [1.165, 1.54) is 48.5 Å². The lowest BCUT2D eigenvalue weighted by molar-refractivity contribution is 0.0980. The summed E-state index contributed by atoms with van der Waals surface area (Å²) in [7, 11) is -8.96. The summed E-state index contributed by atoms with van der Waals surface area (Å²) in [4.78, 5) is 25.9. The molecule has 0 saturated heterocycles. The molecule has 0 aliphatic heterocycles. The van der Waals surface area contributed by atoms with Crippen LogP contribution in [0.25, 0.3) is 0 Å². The number of hydrogen-bond donors (Lipinski definition) is 3. The van der Waals surface area contributed by atoms with E-state index in [0.717, 1.165) is 11.6 Å². The number of carbonyl (C=O) groups is 2. The van der Waals surface area contributed by atoms with Gasteiger partial charge in [-0.25, -0.2) is 0 Å². The molecule has 0 spiro atoms. The standard InChI is InChI=1S/C27H20N2O8S2/c1-15-6-12-18(13-7-15)39(35,36)37-17-10-8-16(9-11-17)29-21-14-22(38(32,33)34)25(28)24-23(21)26(30)19-4-2-3-5-20(19)27(24)31/h2-14,29H,28H2,1H3,(H,32,33,34). The molecule has 0 aromatic heterocycles. The van der Waals surface area contributed by atoms with Gasteiger partial charge in [0.2, 0.25) is 0 Å². The number of nitrogens with two attached hydrogens (primary N) is 1. The lowest BCUT2D eigenvalue weighted by Crippen LogP contribution is -2.25. The van der Waals surface area contributed by atoms with Gasteiger partial charge in [0, 0.05) is 16.8 Å². The second-order valence-corrected chi connectivity index (χ2v) is 11.7. The molecule has 0 saturated carbocycles. The number of fused-ring (bicyclic) bond motifs is 2. The van der Waals surface area contributed by atoms with Crippen molar-refractivity contribution in [3.05, 3.63) is 107 Å². The number of aryl methyl sites for hydroxylation is 1. The van der Waals surface area contributed by atoms with Gasteiger partial charge in [-0.1, -0.05) is 42.0 Å². The van der Waals surface area contributed by atoms with Gasteiger partial charge in [0.1, 0.15) is 15.5 Å². The largest absolute Gasteiger partial charge is 0.397 e. The third kappa shape index (κ3) is 4.76. The van der Waals surface area contributed by atoms with Crippen molar-refractivity contribution in [2.24, 2.45) is 0 Å². The predicted molar refractivity (Wildman–Crippen MR) is 143 cm³/mol. The normalized spacial score (nSPS) is 13.0. The van der Waals surface area contributed by atoms with Crippen LogP contribution in [0, 0.1) is 6.92 Å². The molecule has 198 valence electrons. The molecule has 0 unspecified atom stereocenters. The minimum atomic E-state index is -4.87. The molecule has 4 N–H and O–H groups in total. The molecule has 0 heterocycles. The fourth-order valence-corrected chi connectivity index (χ4v) is 5.81. The van der Waals surface area contributed by atoms with Gasteiger partial charge in [-0.3, -0.25) is 14.1 Å². The molecule has 4 aromatic rings. The Labute approximate surface area is 223 Å². The molecule has 1 aliphatic carbocycles. The van der Waals surface area contributed by atoms with Gasteiger partial charge < -0.3 is 15.2 Å². The summed E-state index contributed by atoms with van der Waals surface area (Å²) in [5.74, 6) is -1.24. The van der Waals surface area contributed by atoms with Crippen LogP contribution in [-0.2, 0) is 20.2 Å². The molecular formula is C27H20N2O8S2. The fourth-order valence-electron chi connectivity index (χ4n) is 4.23. The number of benzene rings is 4. The average Bonchev–Trinajstić information content (AvgIpc) is 2.88. The van der Waals surface area contributed by atoms with Crippen LogP contribution in [0.4, 0.5) is 17.1 Å². The van der Waals surface area contributed by atoms with E-state index in [1.807, 2.05) is 6.92 Å². The smallest absolute Gasteiger partial charge is 0.339 e. The van der Waals surface area contributed by atoms with Crippen molar-refractivity contribution in [1.29, 1.82) is 0 Å². The zero-order valence-corrected chi connectivity index (χ0v) is 21.8. The maximum atomic E-state index is 13.4. The van der Waals surface area contributed by atoms with Crippen LogP contribution in [0.1, 0.15) is 37.4 Å². The minimum Gasteiger partial charge on any atom is -0.397 e. The fraction of sp³-hybridized carbons (Fsp3) is 0.0370. The summed E-state index contributed by atoms with van der Waals surface area (Å²) >= 11 is 0. The predicted octanol–water partition coefficient (Wildman–Crippen LogP) is 4.11. The Bertz CT molecular complexity index is 1880. The van der Waals surface area contributed by atoms with E-state index >= 15 is 0 Å². The molecule has 4 aromatic carbocycles. The number of ketones is 2. The Morgan fingerprint density at radius 1 is 0.795 bits per heavy atom. The lowest BCUT2D eigenvalue weighted by atomic mass is 9.82. The number of rotatable bonds is 6. The van der Waals surface area contributed by atoms with Crippen molar-refractivity contribution in [3.63, 3.8) is 0 Å². The Morgan fingerprint density at radius 3 is 1.92 bits per heavy atom. The first kappa shape index (κ1) is 26.1. The maximum absolute atomic E-state index is 13.4. The molecule has 12 heteroatoms. The highest BCUT2D eigenvalue weighted by Gasteiger charge is 2.36. The second kappa shape index (κ2) is 9.34. The molecule has 0 fully saturated rings. The summed E-state index contributed by atoms with van der Waals surface area (Å²) in [5, 5.41) is 2.87. The second-order valence-electron chi connectivity index (χ2n) is 8.76. The van der Waals surface area contributed by atoms with Gasteiger partial charge in [0.25, 0.3) is 10.1 Å². The number of nitrogens with one attached hydrogen (secondary N) is 1. The number of nitrogen functional groups attached to an aromatic ring is 1. The number of carbonyl (C=O) groups excluding carboxylic acids is 2. The minimum absolute atomic E-state index is 0.000679. The monoisotopic (exact) mass is 564 g/mol. The first-order chi connectivity index (χ1) is 18.4. The molecular weight excluding hydrogens is 544 g/mol. The highest BCUT2D eigenvalue weighted by Crippen LogP contribution is 2.40. The summed E-state index contributed by atoms with van der Waals surface area (Å²) in [6.07, 6.45) is 0. The van der Waals surface area contributed by atoms with Gasteiger partial charge in [-0.15, -0.1) is 0 Å². The topological polar surface area (TPSA) is 170 Å². The van der Waals surface area contributed by atoms with Crippen LogP contribution in [-0.4, -0.2) is 33.0 Å². The van der Waals surface area contributed by atoms with Gasteiger partial charge >= 0.3 is 10.1 Å². The van der Waals surface area contributed by atoms with Crippen molar-refractivity contribution < 1.29 is 35.2 Å². The molecule has 39 heavy (non-hydrogen) atoms. The van der Waals surface area contributed by atoms with Crippen LogP contribution in [0.3, 0.4) is 0 Å². The highest BCUT2D eigenvalue weighted by atomic mass is 32.2. The Hall–Kier alpha value is -4.52. The van der Waals surface area contributed by atoms with Gasteiger partial charge in [0.05, 0.1) is 22.5 Å². The van der Waals surface area contributed by atoms with Crippen molar-refractivity contribution in [1.82, 2.24) is 0 Å². The molecule has 10 nitrogen and oxygen atoms in total. The summed E-state index contributed by atoms with van der Waals surface area (Å²) < 4.78 is 64.2. The van der Waals surface area contributed by atoms with E-state index in [0.29, 0.717) is 5.69 Å². The summed E-state index contributed by atoms with van der Waals surface area (Å²) in [5.41, 5.74) is 6.18. The van der Waals surface area contributed by atoms with E-state index in [4.69, 9.17) is 9.92 Å². The van der Waals surface area contributed by atoms with E-state index in [2.05, 4.69) is 5.32 Å². The zero-order valence-electron chi connectivity index (χ0n) is 20.2. The third-order valence-electron chi connectivity index (χ3n) is 6.13. The average molecular weight is 565 g/mol. The molecule has 0 bridgehead atoms. The number of anilines is 3. The number of hydrogen-bond acceptors (Lipinski definition) is 9. The van der Waals surface area contributed by atoms with Crippen molar-refractivity contribution in [2.75, 3.05) is 11.1 Å². The molecule has 0 radical (unpaired) electrons. The molecule has 5 rings (SSSR count). The summed E-state index contributed by atoms with van der Waals surface area (Å²) in [6.45, 7) is 1.82. The Kier molecular flexibility index (Phi) is 6.25. The van der Waals surface area contributed by atoms with Gasteiger partial charge in [-0.05, 0) is 49.4 Å². The van der Waals surface area contributed by atoms with Crippen LogP contribution < -0.4 is 15.2 Å². The third-order valence-corrected chi connectivity index (χ3v) is 8.28. The van der Waals surface area contributed by atoms with Crippen molar-refractivity contribution in [2.45, 2.75) is 16.7 Å². The first-order valence-electron chi connectivity index (χ1n) is 11.4. The summed E-state index contributed by atoms with van der Waals surface area (Å²) in [6, 6.07) is 18.7. The lowest BCUT2D eigenvalue weighted by Gasteiger charge is -2.23. The quantitative estimate of drug-likeness (QED) is 0.155. The van der Waals surface area contributed by atoms with E-state index in [-0.39, 0.29) is 38.6 Å². The van der Waals surface area contributed by atoms with Gasteiger partial charge in [0.15, 0.2) is 11.6 Å². The Balaban J connectivity index is 1.53. The SMILES string of the molecule is Cc1ccc(S(=O)(=O)Oc2ccc(Nc3cc(S(=O)(=O)O)c(N)c4c3C(=O)c3ccccc3C4=O)cc2)cc1. The zero-order chi connectivity index (χ0) is 28.1.